The van der Waals surface area contributed by atoms with Gasteiger partial charge >= 0.3 is 0 Å². The number of hydrogen-bond donors (Lipinski definition) is 1. The molecule has 0 saturated heterocycles. The standard InChI is InChI=1S/C16H22N2O/c1-18(11-12-9-14(17)10-12)15(19)16(7-8-16)13-5-3-2-4-6-13/h2-6,12,14H,7-11,17H2,1H3. The Balaban J connectivity index is 1.66. The van der Waals surface area contributed by atoms with E-state index in [9.17, 15) is 4.79 Å². The van der Waals surface area contributed by atoms with E-state index in [1.165, 1.54) is 5.56 Å². The SMILES string of the molecule is CN(CC1CC(N)C1)C(=O)C1(c2ccccc2)CC1. The summed E-state index contributed by atoms with van der Waals surface area (Å²) < 4.78 is 0. The first-order valence-corrected chi connectivity index (χ1v) is 7.18. The van der Waals surface area contributed by atoms with Crippen molar-refractivity contribution < 1.29 is 4.79 Å². The fourth-order valence-corrected chi connectivity index (χ4v) is 3.28. The molecule has 2 saturated carbocycles. The molecule has 3 rings (SSSR count). The highest BCUT2D eigenvalue weighted by Gasteiger charge is 2.52. The summed E-state index contributed by atoms with van der Waals surface area (Å²) in [6.45, 7) is 0.862. The normalized spacial score (nSPS) is 27.5. The van der Waals surface area contributed by atoms with Crippen LogP contribution in [0.15, 0.2) is 30.3 Å². The summed E-state index contributed by atoms with van der Waals surface area (Å²) >= 11 is 0. The molecule has 1 aromatic rings. The van der Waals surface area contributed by atoms with E-state index in [1.54, 1.807) is 0 Å². The number of nitrogens with zero attached hydrogens (tertiary/aromatic N) is 1. The minimum absolute atomic E-state index is 0.220. The van der Waals surface area contributed by atoms with Crippen LogP contribution >= 0.6 is 0 Å². The molecule has 1 amide bonds. The maximum absolute atomic E-state index is 12.7. The van der Waals surface area contributed by atoms with E-state index < -0.39 is 0 Å². The topological polar surface area (TPSA) is 46.3 Å². The minimum atomic E-state index is -0.220. The molecule has 0 radical (unpaired) electrons. The van der Waals surface area contributed by atoms with Crippen LogP contribution in [0.1, 0.15) is 31.2 Å². The van der Waals surface area contributed by atoms with Crippen molar-refractivity contribution in [3.63, 3.8) is 0 Å². The molecule has 19 heavy (non-hydrogen) atoms. The van der Waals surface area contributed by atoms with Gasteiger partial charge in [0.1, 0.15) is 0 Å². The Morgan fingerprint density at radius 2 is 1.95 bits per heavy atom. The number of benzene rings is 1. The van der Waals surface area contributed by atoms with Gasteiger partial charge in [-0.2, -0.15) is 0 Å². The third-order valence-electron chi connectivity index (χ3n) is 4.64. The van der Waals surface area contributed by atoms with E-state index in [0.717, 1.165) is 32.2 Å². The zero-order chi connectivity index (χ0) is 13.5. The van der Waals surface area contributed by atoms with Gasteiger partial charge in [0.05, 0.1) is 5.41 Å². The van der Waals surface area contributed by atoms with Crippen molar-refractivity contribution in [2.45, 2.75) is 37.1 Å². The quantitative estimate of drug-likeness (QED) is 0.896. The molecule has 2 N–H and O–H groups in total. The third-order valence-corrected chi connectivity index (χ3v) is 4.64. The second-order valence-corrected chi connectivity index (χ2v) is 6.23. The molecule has 3 nitrogen and oxygen atoms in total. The van der Waals surface area contributed by atoms with Crippen LogP contribution in [-0.4, -0.2) is 30.4 Å². The van der Waals surface area contributed by atoms with Crippen LogP contribution in [0.2, 0.25) is 0 Å². The van der Waals surface area contributed by atoms with Gasteiger partial charge < -0.3 is 10.6 Å². The number of rotatable bonds is 4. The van der Waals surface area contributed by atoms with Crippen molar-refractivity contribution >= 4 is 5.91 Å². The lowest BCUT2D eigenvalue weighted by molar-refractivity contribution is -0.133. The first kappa shape index (κ1) is 12.7. The highest BCUT2D eigenvalue weighted by molar-refractivity contribution is 5.91. The molecule has 0 atom stereocenters. The van der Waals surface area contributed by atoms with E-state index >= 15 is 0 Å². The summed E-state index contributed by atoms with van der Waals surface area (Å²) in [7, 11) is 1.94. The predicted molar refractivity (Wildman–Crippen MR) is 75.7 cm³/mol. The van der Waals surface area contributed by atoms with E-state index in [0.29, 0.717) is 17.9 Å². The molecular weight excluding hydrogens is 236 g/mol. The average molecular weight is 258 g/mol. The van der Waals surface area contributed by atoms with Crippen LogP contribution < -0.4 is 5.73 Å². The van der Waals surface area contributed by atoms with E-state index in [-0.39, 0.29) is 5.41 Å². The van der Waals surface area contributed by atoms with Crippen molar-refractivity contribution in [1.82, 2.24) is 4.90 Å². The van der Waals surface area contributed by atoms with Gasteiger partial charge in [-0.05, 0) is 37.2 Å². The molecule has 0 aliphatic heterocycles. The number of carbonyl (C=O) groups excluding carboxylic acids is 1. The van der Waals surface area contributed by atoms with E-state index in [4.69, 9.17) is 5.73 Å². The Morgan fingerprint density at radius 3 is 2.47 bits per heavy atom. The van der Waals surface area contributed by atoms with Crippen molar-refractivity contribution in [3.05, 3.63) is 35.9 Å². The zero-order valence-corrected chi connectivity index (χ0v) is 11.5. The number of hydrogen-bond acceptors (Lipinski definition) is 2. The molecule has 0 spiro atoms. The van der Waals surface area contributed by atoms with E-state index in [1.807, 2.05) is 30.1 Å². The van der Waals surface area contributed by atoms with E-state index in [2.05, 4.69) is 12.1 Å². The molecule has 0 heterocycles. The molecule has 102 valence electrons. The monoisotopic (exact) mass is 258 g/mol. The lowest BCUT2D eigenvalue weighted by atomic mass is 9.80. The molecule has 0 unspecified atom stereocenters. The van der Waals surface area contributed by atoms with Crippen LogP contribution in [0.5, 0.6) is 0 Å². The maximum atomic E-state index is 12.7. The molecule has 2 fully saturated rings. The lowest BCUT2D eigenvalue weighted by Crippen LogP contribution is -2.45. The number of likely N-dealkylation sites (N-methyl/N-ethyl adjacent to an activating group) is 1. The van der Waals surface area contributed by atoms with Gasteiger partial charge in [0.25, 0.3) is 0 Å². The Labute approximate surface area is 114 Å². The summed E-state index contributed by atoms with van der Waals surface area (Å²) in [6, 6.07) is 10.6. The van der Waals surface area contributed by atoms with Gasteiger partial charge in [-0.25, -0.2) is 0 Å². The smallest absolute Gasteiger partial charge is 0.232 e. The molecule has 0 bridgehead atoms. The summed E-state index contributed by atoms with van der Waals surface area (Å²) in [6.07, 6.45) is 4.11. The Bertz CT molecular complexity index is 461. The first-order chi connectivity index (χ1) is 9.12. The summed E-state index contributed by atoms with van der Waals surface area (Å²) in [5.74, 6) is 0.898. The second-order valence-electron chi connectivity index (χ2n) is 6.23. The largest absolute Gasteiger partial charge is 0.345 e. The number of amides is 1. The van der Waals surface area contributed by atoms with Gasteiger partial charge in [-0.3, -0.25) is 4.79 Å². The van der Waals surface area contributed by atoms with Crippen LogP contribution in [-0.2, 0) is 10.2 Å². The van der Waals surface area contributed by atoms with Gasteiger partial charge in [0, 0.05) is 19.6 Å². The van der Waals surface area contributed by atoms with Gasteiger partial charge in [0.2, 0.25) is 5.91 Å². The Kier molecular flexibility index (Phi) is 3.09. The predicted octanol–water partition coefficient (Wildman–Crippen LogP) is 1.91. The molecule has 1 aromatic carbocycles. The molecule has 2 aliphatic rings. The van der Waals surface area contributed by atoms with Crippen molar-refractivity contribution in [2.24, 2.45) is 11.7 Å². The van der Waals surface area contributed by atoms with Crippen LogP contribution in [0.3, 0.4) is 0 Å². The molecule has 0 aromatic heterocycles. The Morgan fingerprint density at radius 1 is 1.32 bits per heavy atom. The van der Waals surface area contributed by atoms with Crippen LogP contribution in [0.4, 0.5) is 0 Å². The number of nitrogens with two attached hydrogens (primary N) is 1. The second kappa shape index (κ2) is 4.64. The molecule has 2 aliphatic carbocycles. The minimum Gasteiger partial charge on any atom is -0.345 e. The zero-order valence-electron chi connectivity index (χ0n) is 11.5. The number of carbonyl (C=O) groups is 1. The summed E-state index contributed by atoms with van der Waals surface area (Å²) in [4.78, 5) is 14.6. The fourth-order valence-electron chi connectivity index (χ4n) is 3.28. The lowest BCUT2D eigenvalue weighted by Gasteiger charge is -2.36. The highest BCUT2D eigenvalue weighted by atomic mass is 16.2. The summed E-state index contributed by atoms with van der Waals surface area (Å²) in [5.41, 5.74) is 6.76. The summed E-state index contributed by atoms with van der Waals surface area (Å²) in [5, 5.41) is 0. The maximum Gasteiger partial charge on any atom is 0.232 e. The molecule has 3 heteroatoms. The molecular formula is C16H22N2O. The van der Waals surface area contributed by atoms with Crippen LogP contribution in [0.25, 0.3) is 0 Å². The van der Waals surface area contributed by atoms with Crippen molar-refractivity contribution in [1.29, 1.82) is 0 Å². The Hall–Kier alpha value is -1.35. The van der Waals surface area contributed by atoms with Crippen molar-refractivity contribution in [3.8, 4) is 0 Å². The third kappa shape index (κ3) is 2.27. The average Bonchev–Trinajstić information content (AvgIpc) is 3.18. The van der Waals surface area contributed by atoms with Gasteiger partial charge in [-0.15, -0.1) is 0 Å². The van der Waals surface area contributed by atoms with Crippen LogP contribution in [0, 0.1) is 5.92 Å². The van der Waals surface area contributed by atoms with Crippen molar-refractivity contribution in [2.75, 3.05) is 13.6 Å². The first-order valence-electron chi connectivity index (χ1n) is 7.18. The fraction of sp³-hybridized carbons (Fsp3) is 0.562. The highest BCUT2D eigenvalue weighted by Crippen LogP contribution is 2.49. The van der Waals surface area contributed by atoms with Gasteiger partial charge in [-0.1, -0.05) is 30.3 Å². The van der Waals surface area contributed by atoms with Gasteiger partial charge in [0.15, 0.2) is 0 Å².